The van der Waals surface area contributed by atoms with Crippen LogP contribution in [0.5, 0.6) is 5.75 Å². The predicted octanol–water partition coefficient (Wildman–Crippen LogP) is 4.40. The number of carbonyl (C=O) groups excluding carboxylic acids is 1. The summed E-state index contributed by atoms with van der Waals surface area (Å²) in [7, 11) is 3.36. The molecule has 130 valence electrons. The molecule has 6 heteroatoms. The third-order valence-corrected chi connectivity index (χ3v) is 4.82. The van der Waals surface area contributed by atoms with Crippen molar-refractivity contribution in [1.82, 2.24) is 4.90 Å². The van der Waals surface area contributed by atoms with Crippen LogP contribution in [0.25, 0.3) is 0 Å². The first-order chi connectivity index (χ1) is 10.5. The maximum atomic E-state index is 12.6. The Morgan fingerprint density at radius 1 is 1.35 bits per heavy atom. The van der Waals surface area contributed by atoms with E-state index >= 15 is 0 Å². The highest BCUT2D eigenvalue weighted by Gasteiger charge is 2.20. The Hall–Kier alpha value is -1.13. The highest BCUT2D eigenvalue weighted by Crippen LogP contribution is 2.30. The zero-order chi connectivity index (χ0) is 16.1. The van der Waals surface area contributed by atoms with Crippen LogP contribution in [0.3, 0.4) is 0 Å². The van der Waals surface area contributed by atoms with Crippen LogP contribution >= 0.6 is 24.0 Å². The minimum absolute atomic E-state index is 0. The van der Waals surface area contributed by atoms with E-state index in [0.29, 0.717) is 22.0 Å². The Kier molecular flexibility index (Phi) is 8.00. The van der Waals surface area contributed by atoms with Crippen molar-refractivity contribution in [3.63, 3.8) is 0 Å². The molecule has 1 saturated carbocycles. The molecule has 1 aliphatic rings. The Labute approximate surface area is 149 Å². The first kappa shape index (κ1) is 19.9. The van der Waals surface area contributed by atoms with Crippen LogP contribution in [0, 0.1) is 5.92 Å². The second-order valence-corrected chi connectivity index (χ2v) is 6.50. The van der Waals surface area contributed by atoms with E-state index in [-0.39, 0.29) is 18.3 Å². The summed E-state index contributed by atoms with van der Waals surface area (Å²) in [5.74, 6) is 1.15. The quantitative estimate of drug-likeness (QED) is 0.791. The molecule has 1 aromatic carbocycles. The van der Waals surface area contributed by atoms with Crippen LogP contribution in [-0.2, 0) is 0 Å². The van der Waals surface area contributed by atoms with Gasteiger partial charge in [0.2, 0.25) is 0 Å². The van der Waals surface area contributed by atoms with Gasteiger partial charge in [0.25, 0.3) is 5.91 Å². The zero-order valence-electron chi connectivity index (χ0n) is 13.8. The van der Waals surface area contributed by atoms with E-state index in [1.165, 1.54) is 39.2 Å². The lowest BCUT2D eigenvalue weighted by atomic mass is 9.87. The van der Waals surface area contributed by atoms with E-state index in [2.05, 4.69) is 0 Å². The highest BCUT2D eigenvalue weighted by atomic mass is 35.5. The van der Waals surface area contributed by atoms with Crippen molar-refractivity contribution < 1.29 is 9.53 Å². The number of methoxy groups -OCH3 is 1. The molecular weight excluding hydrogens is 335 g/mol. The van der Waals surface area contributed by atoms with Gasteiger partial charge in [0.1, 0.15) is 5.75 Å². The van der Waals surface area contributed by atoms with Gasteiger partial charge in [-0.15, -0.1) is 12.4 Å². The van der Waals surface area contributed by atoms with Gasteiger partial charge in [-0.05, 0) is 18.4 Å². The maximum Gasteiger partial charge on any atom is 0.257 e. The first-order valence-corrected chi connectivity index (χ1v) is 8.29. The fraction of sp³-hybridized carbons (Fsp3) is 0.588. The number of carbonyl (C=O) groups is 1. The number of amides is 1. The van der Waals surface area contributed by atoms with Crippen molar-refractivity contribution in [3.05, 3.63) is 22.7 Å². The van der Waals surface area contributed by atoms with Gasteiger partial charge in [-0.2, -0.15) is 0 Å². The summed E-state index contributed by atoms with van der Waals surface area (Å²) in [6.07, 6.45) is 7.64. The molecule has 0 radical (unpaired) electrons. The second kappa shape index (κ2) is 9.24. The van der Waals surface area contributed by atoms with Crippen LogP contribution < -0.4 is 10.5 Å². The van der Waals surface area contributed by atoms with Gasteiger partial charge in [-0.25, -0.2) is 0 Å². The van der Waals surface area contributed by atoms with Crippen LogP contribution in [0.1, 0.15) is 48.9 Å². The number of nitrogens with two attached hydrogens (primary N) is 1. The number of anilines is 1. The van der Waals surface area contributed by atoms with Crippen molar-refractivity contribution in [1.29, 1.82) is 0 Å². The normalized spacial score (nSPS) is 14.9. The van der Waals surface area contributed by atoms with E-state index in [1.54, 1.807) is 17.0 Å². The molecule has 0 atom stereocenters. The van der Waals surface area contributed by atoms with Gasteiger partial charge < -0.3 is 15.4 Å². The highest BCUT2D eigenvalue weighted by molar-refractivity contribution is 6.33. The second-order valence-electron chi connectivity index (χ2n) is 6.09. The number of ether oxygens (including phenoxy) is 1. The third kappa shape index (κ3) is 5.18. The largest absolute Gasteiger partial charge is 0.496 e. The van der Waals surface area contributed by atoms with Gasteiger partial charge in [-0.1, -0.05) is 43.7 Å². The number of nitrogen functional groups attached to an aromatic ring is 1. The summed E-state index contributed by atoms with van der Waals surface area (Å²) >= 11 is 6.04. The fourth-order valence-electron chi connectivity index (χ4n) is 3.06. The number of hydrogen-bond acceptors (Lipinski definition) is 3. The summed E-state index contributed by atoms with van der Waals surface area (Å²) in [5.41, 5.74) is 6.64. The summed E-state index contributed by atoms with van der Waals surface area (Å²) in [4.78, 5) is 14.4. The number of halogens is 2. The minimum Gasteiger partial charge on any atom is -0.496 e. The molecule has 0 spiro atoms. The van der Waals surface area contributed by atoms with Crippen molar-refractivity contribution in [2.45, 2.75) is 38.5 Å². The molecule has 2 rings (SSSR count). The predicted molar refractivity (Wildman–Crippen MR) is 97.8 cm³/mol. The summed E-state index contributed by atoms with van der Waals surface area (Å²) in [6.45, 7) is 0.759. The molecule has 0 saturated heterocycles. The van der Waals surface area contributed by atoms with Crippen LogP contribution in [0.2, 0.25) is 5.02 Å². The fourth-order valence-corrected chi connectivity index (χ4v) is 3.23. The van der Waals surface area contributed by atoms with Crippen molar-refractivity contribution in [2.75, 3.05) is 26.4 Å². The van der Waals surface area contributed by atoms with Gasteiger partial charge in [0, 0.05) is 19.7 Å². The number of benzene rings is 1. The molecule has 23 heavy (non-hydrogen) atoms. The van der Waals surface area contributed by atoms with Gasteiger partial charge in [0.15, 0.2) is 0 Å². The number of nitrogens with zero attached hydrogens (tertiary/aromatic N) is 1. The standard InChI is InChI=1S/C17H25ClN2O2.ClH/c1-20(9-8-12-6-4-3-5-7-12)17(21)13-10-14(18)15(19)11-16(13)22-2;/h10-12H,3-9,19H2,1-2H3;1H. The number of rotatable bonds is 5. The molecule has 1 fully saturated rings. The number of hydrogen-bond donors (Lipinski definition) is 1. The molecule has 4 nitrogen and oxygen atoms in total. The van der Waals surface area contributed by atoms with Crippen molar-refractivity contribution >= 4 is 35.6 Å². The lowest BCUT2D eigenvalue weighted by Crippen LogP contribution is -2.29. The Bertz CT molecular complexity index is 532. The summed E-state index contributed by atoms with van der Waals surface area (Å²) in [6, 6.07) is 3.19. The minimum atomic E-state index is -0.0745. The van der Waals surface area contributed by atoms with Crippen molar-refractivity contribution in [2.24, 2.45) is 5.92 Å². The zero-order valence-corrected chi connectivity index (χ0v) is 15.4. The SMILES string of the molecule is COc1cc(N)c(Cl)cc1C(=O)N(C)CCC1CCCCC1.Cl. The Morgan fingerprint density at radius 3 is 2.61 bits per heavy atom. The third-order valence-electron chi connectivity index (χ3n) is 4.49. The van der Waals surface area contributed by atoms with Crippen LogP contribution in [-0.4, -0.2) is 31.5 Å². The van der Waals surface area contributed by atoms with E-state index < -0.39 is 0 Å². The molecule has 0 bridgehead atoms. The van der Waals surface area contributed by atoms with E-state index in [4.69, 9.17) is 22.1 Å². The molecule has 0 unspecified atom stereocenters. The van der Waals surface area contributed by atoms with E-state index in [0.717, 1.165) is 18.9 Å². The molecule has 2 N–H and O–H groups in total. The van der Waals surface area contributed by atoms with E-state index in [9.17, 15) is 4.79 Å². The molecule has 0 aliphatic heterocycles. The van der Waals surface area contributed by atoms with Gasteiger partial charge >= 0.3 is 0 Å². The average molecular weight is 361 g/mol. The molecule has 1 aromatic rings. The summed E-state index contributed by atoms with van der Waals surface area (Å²) < 4.78 is 5.26. The van der Waals surface area contributed by atoms with Crippen LogP contribution in [0.15, 0.2) is 12.1 Å². The monoisotopic (exact) mass is 360 g/mol. The topological polar surface area (TPSA) is 55.6 Å². The Balaban J connectivity index is 0.00000264. The Morgan fingerprint density at radius 2 is 2.00 bits per heavy atom. The molecule has 1 aliphatic carbocycles. The first-order valence-electron chi connectivity index (χ1n) is 7.91. The van der Waals surface area contributed by atoms with Gasteiger partial charge in [-0.3, -0.25) is 4.79 Å². The maximum absolute atomic E-state index is 12.6. The van der Waals surface area contributed by atoms with E-state index in [1.807, 2.05) is 7.05 Å². The molecule has 0 heterocycles. The average Bonchev–Trinajstić information content (AvgIpc) is 2.55. The molecule has 0 aromatic heterocycles. The molecular formula is C17H26Cl2N2O2. The smallest absolute Gasteiger partial charge is 0.257 e. The molecule has 1 amide bonds. The lowest BCUT2D eigenvalue weighted by molar-refractivity contribution is 0.0780. The van der Waals surface area contributed by atoms with Gasteiger partial charge in [0.05, 0.1) is 23.4 Å². The summed E-state index contributed by atoms with van der Waals surface area (Å²) in [5, 5.41) is 0.379. The lowest BCUT2D eigenvalue weighted by Gasteiger charge is -2.25. The van der Waals surface area contributed by atoms with Crippen LogP contribution in [0.4, 0.5) is 5.69 Å². The van der Waals surface area contributed by atoms with Crippen molar-refractivity contribution in [3.8, 4) is 5.75 Å².